The minimum atomic E-state index is -1.28. The molecule has 0 saturated heterocycles. The van der Waals surface area contributed by atoms with Crippen molar-refractivity contribution in [2.75, 3.05) is 6.54 Å². The van der Waals surface area contributed by atoms with Crippen LogP contribution in [0, 0.1) is 5.92 Å². The van der Waals surface area contributed by atoms with E-state index >= 15 is 0 Å². The van der Waals surface area contributed by atoms with Crippen LogP contribution in [-0.4, -0.2) is 29.6 Å². The Hall–Kier alpha value is -1.10. The van der Waals surface area contributed by atoms with Crippen LogP contribution < -0.4 is 11.1 Å². The zero-order chi connectivity index (χ0) is 10.5. The summed E-state index contributed by atoms with van der Waals surface area (Å²) in [7, 11) is 0. The molecule has 0 fully saturated rings. The number of amides is 1. The van der Waals surface area contributed by atoms with Crippen molar-refractivity contribution in [3.63, 3.8) is 0 Å². The van der Waals surface area contributed by atoms with Crippen LogP contribution in [0.1, 0.15) is 20.3 Å². The third kappa shape index (κ3) is 2.42. The number of aliphatic carboxylic acids is 1. The van der Waals surface area contributed by atoms with Gasteiger partial charge in [0.05, 0.1) is 0 Å². The van der Waals surface area contributed by atoms with Gasteiger partial charge in [0.1, 0.15) is 5.54 Å². The topological polar surface area (TPSA) is 92.4 Å². The summed E-state index contributed by atoms with van der Waals surface area (Å²) in [5.41, 5.74) is 4.01. The van der Waals surface area contributed by atoms with Crippen molar-refractivity contribution in [2.45, 2.75) is 25.8 Å². The number of carboxylic acids is 1. The Morgan fingerprint density at radius 1 is 1.69 bits per heavy atom. The summed E-state index contributed by atoms with van der Waals surface area (Å²) >= 11 is 0. The summed E-state index contributed by atoms with van der Waals surface area (Å²) in [6.07, 6.45) is 1.62. The lowest BCUT2D eigenvalue weighted by Gasteiger charge is -2.31. The van der Waals surface area contributed by atoms with Crippen LogP contribution in [0.25, 0.3) is 0 Å². The molecule has 5 heteroatoms. The van der Waals surface area contributed by atoms with Crippen LogP contribution >= 0.6 is 0 Å². The number of rotatable bonds is 6. The number of carboxylic acid groups (broad SMARTS) is 1. The maximum absolute atomic E-state index is 10.9. The highest BCUT2D eigenvalue weighted by atomic mass is 16.4. The predicted octanol–water partition coefficient (Wildman–Crippen LogP) is -0.529. The third-order valence-electron chi connectivity index (χ3n) is 2.18. The van der Waals surface area contributed by atoms with Crippen molar-refractivity contribution in [1.82, 2.24) is 5.32 Å². The molecule has 4 N–H and O–H groups in total. The first-order valence-electron chi connectivity index (χ1n) is 4.09. The van der Waals surface area contributed by atoms with Crippen molar-refractivity contribution in [3.05, 3.63) is 0 Å². The van der Waals surface area contributed by atoms with E-state index in [1.807, 2.05) is 0 Å². The predicted molar refractivity (Wildman–Crippen MR) is 47.7 cm³/mol. The zero-order valence-electron chi connectivity index (χ0n) is 7.83. The largest absolute Gasteiger partial charge is 0.479 e. The molecule has 1 radical (unpaired) electrons. The lowest BCUT2D eigenvalue weighted by molar-refractivity contribution is -0.146. The molecule has 13 heavy (non-hydrogen) atoms. The normalized spacial score (nSPS) is 15.1. The highest BCUT2D eigenvalue weighted by molar-refractivity contribution is 5.81. The Morgan fingerprint density at radius 2 is 2.23 bits per heavy atom. The van der Waals surface area contributed by atoms with E-state index in [1.54, 1.807) is 13.8 Å². The second kappa shape index (κ2) is 4.81. The highest BCUT2D eigenvalue weighted by Crippen LogP contribution is 2.20. The molecule has 0 heterocycles. The standard InChI is InChI=1S/C8H15N2O3/c1-6(2)8(3-4-9,7(12)13)10-5-11/h6H,3-4,9H2,1-2H3,(H,10,11)(H,12,13). The van der Waals surface area contributed by atoms with Gasteiger partial charge in [0.25, 0.3) is 0 Å². The van der Waals surface area contributed by atoms with E-state index in [2.05, 4.69) is 5.32 Å². The Kier molecular flexibility index (Phi) is 4.40. The molecule has 0 aromatic rings. The molecule has 0 saturated carbocycles. The minimum Gasteiger partial charge on any atom is -0.479 e. The number of nitrogens with two attached hydrogens (primary N) is 1. The Morgan fingerprint density at radius 3 is 2.46 bits per heavy atom. The number of nitrogens with one attached hydrogen (secondary N) is 1. The molecular formula is C8H15N2O3. The van der Waals surface area contributed by atoms with Crippen molar-refractivity contribution < 1.29 is 14.7 Å². The Balaban J connectivity index is 4.79. The molecule has 75 valence electrons. The quantitative estimate of drug-likeness (QED) is 0.487. The average molecular weight is 187 g/mol. The van der Waals surface area contributed by atoms with Gasteiger partial charge in [-0.2, -0.15) is 0 Å². The summed E-state index contributed by atoms with van der Waals surface area (Å²) < 4.78 is 0. The maximum atomic E-state index is 10.9. The SMILES string of the molecule is CC(C)C(CCN)(N[C]=O)C(=O)O. The van der Waals surface area contributed by atoms with Crippen LogP contribution in [0.4, 0.5) is 0 Å². The number of hydrogen-bond acceptors (Lipinski definition) is 3. The smallest absolute Gasteiger partial charge is 0.329 e. The first kappa shape index (κ1) is 11.9. The van der Waals surface area contributed by atoms with Gasteiger partial charge in [0, 0.05) is 0 Å². The molecule has 1 unspecified atom stereocenters. The molecule has 0 aliphatic rings. The Labute approximate surface area is 77.3 Å². The molecule has 1 amide bonds. The van der Waals surface area contributed by atoms with E-state index < -0.39 is 11.5 Å². The average Bonchev–Trinajstić information content (AvgIpc) is 2.03. The summed E-state index contributed by atoms with van der Waals surface area (Å²) in [6, 6.07) is 0. The van der Waals surface area contributed by atoms with Crippen molar-refractivity contribution >= 4 is 12.4 Å². The molecule has 0 aromatic heterocycles. The van der Waals surface area contributed by atoms with E-state index in [9.17, 15) is 9.59 Å². The van der Waals surface area contributed by atoms with Gasteiger partial charge < -0.3 is 16.2 Å². The first-order valence-corrected chi connectivity index (χ1v) is 4.09. The molecular weight excluding hydrogens is 172 g/mol. The fraction of sp³-hybridized carbons (Fsp3) is 0.750. The van der Waals surface area contributed by atoms with E-state index in [0.29, 0.717) is 0 Å². The first-order chi connectivity index (χ1) is 6.01. The van der Waals surface area contributed by atoms with E-state index in [1.165, 1.54) is 6.41 Å². The van der Waals surface area contributed by atoms with Crippen molar-refractivity contribution in [2.24, 2.45) is 11.7 Å². The summed E-state index contributed by atoms with van der Waals surface area (Å²) in [6.45, 7) is 3.64. The molecule has 1 atom stereocenters. The third-order valence-corrected chi connectivity index (χ3v) is 2.18. The minimum absolute atomic E-state index is 0.204. The molecule has 0 aromatic carbocycles. The summed E-state index contributed by atoms with van der Waals surface area (Å²) in [5, 5.41) is 11.2. The molecule has 0 aliphatic heterocycles. The van der Waals surface area contributed by atoms with Gasteiger partial charge >= 0.3 is 12.4 Å². The molecule has 5 nitrogen and oxygen atoms in total. The Bertz CT molecular complexity index is 194. The van der Waals surface area contributed by atoms with Gasteiger partial charge in [-0.3, -0.25) is 4.79 Å². The zero-order valence-corrected chi connectivity index (χ0v) is 7.83. The fourth-order valence-electron chi connectivity index (χ4n) is 1.22. The van der Waals surface area contributed by atoms with Gasteiger partial charge in [-0.1, -0.05) is 13.8 Å². The number of carbonyl (C=O) groups is 1. The lowest BCUT2D eigenvalue weighted by atomic mass is 9.83. The van der Waals surface area contributed by atoms with Crippen LogP contribution in [0.3, 0.4) is 0 Å². The monoisotopic (exact) mass is 187 g/mol. The van der Waals surface area contributed by atoms with E-state index in [-0.39, 0.29) is 18.9 Å². The van der Waals surface area contributed by atoms with Crippen molar-refractivity contribution in [1.29, 1.82) is 0 Å². The van der Waals surface area contributed by atoms with Crippen LogP contribution in [0.2, 0.25) is 0 Å². The molecule has 0 bridgehead atoms. The van der Waals surface area contributed by atoms with E-state index in [0.717, 1.165) is 0 Å². The van der Waals surface area contributed by atoms with Crippen LogP contribution in [0.5, 0.6) is 0 Å². The molecule has 0 spiro atoms. The maximum Gasteiger partial charge on any atom is 0.329 e. The van der Waals surface area contributed by atoms with Crippen molar-refractivity contribution in [3.8, 4) is 0 Å². The van der Waals surface area contributed by atoms with Gasteiger partial charge in [-0.25, -0.2) is 4.79 Å². The lowest BCUT2D eigenvalue weighted by Crippen LogP contribution is -2.56. The van der Waals surface area contributed by atoms with Crippen LogP contribution in [0.15, 0.2) is 0 Å². The fourth-order valence-corrected chi connectivity index (χ4v) is 1.22. The summed E-state index contributed by atoms with van der Waals surface area (Å²) in [4.78, 5) is 21.1. The molecule has 0 rings (SSSR count). The second-order valence-electron chi connectivity index (χ2n) is 3.20. The number of hydrogen-bond donors (Lipinski definition) is 3. The van der Waals surface area contributed by atoms with Gasteiger partial charge in [-0.15, -0.1) is 0 Å². The van der Waals surface area contributed by atoms with Gasteiger partial charge in [0.2, 0.25) is 0 Å². The summed E-state index contributed by atoms with van der Waals surface area (Å²) in [5.74, 6) is -1.30. The van der Waals surface area contributed by atoms with Crippen LogP contribution in [-0.2, 0) is 9.59 Å². The molecule has 0 aliphatic carbocycles. The van der Waals surface area contributed by atoms with Gasteiger partial charge in [-0.05, 0) is 18.9 Å². The highest BCUT2D eigenvalue weighted by Gasteiger charge is 2.40. The number of carbonyl (C=O) groups excluding carboxylic acids is 1. The van der Waals surface area contributed by atoms with Gasteiger partial charge in [0.15, 0.2) is 0 Å². The second-order valence-corrected chi connectivity index (χ2v) is 3.20. The van der Waals surface area contributed by atoms with E-state index in [4.69, 9.17) is 10.8 Å².